The lowest BCUT2D eigenvalue weighted by Gasteiger charge is -2.15. The van der Waals surface area contributed by atoms with E-state index in [1.54, 1.807) is 18.2 Å². The van der Waals surface area contributed by atoms with Crippen molar-refractivity contribution in [1.82, 2.24) is 14.8 Å². The van der Waals surface area contributed by atoms with E-state index in [0.29, 0.717) is 32.6 Å². The molecule has 0 radical (unpaired) electrons. The second kappa shape index (κ2) is 10.4. The third-order valence-corrected chi connectivity index (χ3v) is 6.21. The molecule has 1 N–H and O–H groups in total. The molecule has 0 aliphatic carbocycles. The highest BCUT2D eigenvalue weighted by atomic mass is 35.5. The average molecular weight is 479 g/mol. The second-order valence-electron chi connectivity index (χ2n) is 7.34. The van der Waals surface area contributed by atoms with Crippen LogP contribution in [0.25, 0.3) is 0 Å². The van der Waals surface area contributed by atoms with Crippen molar-refractivity contribution in [3.8, 4) is 5.75 Å². The minimum Gasteiger partial charge on any atom is -0.483 e. The summed E-state index contributed by atoms with van der Waals surface area (Å²) in [5.41, 5.74) is 1.73. The monoisotopic (exact) mass is 478 g/mol. The number of carbonyl (C=O) groups excluding carboxylic acids is 1. The van der Waals surface area contributed by atoms with Gasteiger partial charge in [-0.15, -0.1) is 10.2 Å². The highest BCUT2D eigenvalue weighted by Gasteiger charge is 2.18. The Balaban J connectivity index is 1.59. The molecule has 1 aromatic heterocycles. The number of ether oxygens (including phenoxy) is 1. The van der Waals surface area contributed by atoms with Crippen LogP contribution < -0.4 is 10.1 Å². The van der Waals surface area contributed by atoms with Gasteiger partial charge in [-0.25, -0.2) is 0 Å². The minimum absolute atomic E-state index is 0.153. The molecule has 9 heteroatoms. The summed E-state index contributed by atoms with van der Waals surface area (Å²) in [6.45, 7) is 6.23. The maximum absolute atomic E-state index is 12.3. The first-order valence-corrected chi connectivity index (χ1v) is 11.5. The Morgan fingerprint density at radius 1 is 1.13 bits per heavy atom. The molecule has 1 amide bonds. The van der Waals surface area contributed by atoms with Crippen LogP contribution in [0.15, 0.2) is 47.6 Å². The van der Waals surface area contributed by atoms with E-state index in [0.717, 1.165) is 5.75 Å². The van der Waals surface area contributed by atoms with Crippen molar-refractivity contribution in [2.24, 2.45) is 7.05 Å². The van der Waals surface area contributed by atoms with Crippen LogP contribution in [0.4, 0.5) is 5.69 Å². The van der Waals surface area contributed by atoms with Gasteiger partial charge in [-0.3, -0.25) is 4.79 Å². The van der Waals surface area contributed by atoms with Gasteiger partial charge < -0.3 is 14.6 Å². The zero-order chi connectivity index (χ0) is 22.5. The number of hydrogen-bond acceptors (Lipinski definition) is 5. The van der Waals surface area contributed by atoms with Crippen LogP contribution in [0.3, 0.4) is 0 Å². The summed E-state index contributed by atoms with van der Waals surface area (Å²) in [4.78, 5) is 12.3. The van der Waals surface area contributed by atoms with E-state index in [1.807, 2.05) is 30.7 Å². The van der Waals surface area contributed by atoms with E-state index in [2.05, 4.69) is 41.5 Å². The van der Waals surface area contributed by atoms with E-state index >= 15 is 0 Å². The molecule has 3 aromatic rings. The lowest BCUT2D eigenvalue weighted by molar-refractivity contribution is -0.113. The molecule has 3 rings (SSSR count). The zero-order valence-corrected chi connectivity index (χ0v) is 20.1. The molecule has 0 fully saturated rings. The summed E-state index contributed by atoms with van der Waals surface area (Å²) in [7, 11) is 1.85. The Labute approximate surface area is 196 Å². The number of rotatable bonds is 8. The Morgan fingerprint density at radius 2 is 1.84 bits per heavy atom. The standard InChI is InChI=1S/C22H24Cl2N4O2S/c1-13(2)15-5-8-17(9-6-15)30-14(3)21-26-27-22(28(21)4)31-12-20(29)25-19-11-16(23)7-10-18(19)24/h5-11,13-14H,12H2,1-4H3,(H,25,29). The molecule has 0 bridgehead atoms. The van der Waals surface area contributed by atoms with Gasteiger partial charge in [0, 0.05) is 12.1 Å². The summed E-state index contributed by atoms with van der Waals surface area (Å²) < 4.78 is 7.85. The number of halogens is 2. The summed E-state index contributed by atoms with van der Waals surface area (Å²) >= 11 is 13.3. The molecule has 1 atom stereocenters. The molecule has 0 spiro atoms. The first kappa shape index (κ1) is 23.4. The molecule has 0 saturated heterocycles. The highest BCUT2D eigenvalue weighted by Crippen LogP contribution is 2.27. The van der Waals surface area contributed by atoms with Crippen LogP contribution in [0.2, 0.25) is 10.0 Å². The number of carbonyl (C=O) groups is 1. The molecule has 1 heterocycles. The number of benzene rings is 2. The fourth-order valence-corrected chi connectivity index (χ4v) is 3.96. The number of nitrogens with one attached hydrogen (secondary N) is 1. The van der Waals surface area contributed by atoms with Crippen molar-refractivity contribution in [2.75, 3.05) is 11.1 Å². The summed E-state index contributed by atoms with van der Waals surface area (Å²) in [5, 5.41) is 12.7. The molecule has 0 aliphatic heterocycles. The fourth-order valence-electron chi connectivity index (χ4n) is 2.90. The Bertz CT molecular complexity index is 1050. The predicted molar refractivity (Wildman–Crippen MR) is 126 cm³/mol. The van der Waals surface area contributed by atoms with Gasteiger partial charge in [0.05, 0.1) is 16.5 Å². The smallest absolute Gasteiger partial charge is 0.234 e. The van der Waals surface area contributed by atoms with Gasteiger partial charge in [0.2, 0.25) is 5.91 Å². The minimum atomic E-state index is -0.296. The van der Waals surface area contributed by atoms with Gasteiger partial charge in [-0.2, -0.15) is 0 Å². The normalized spacial score (nSPS) is 12.1. The Kier molecular flexibility index (Phi) is 7.86. The third-order valence-electron chi connectivity index (χ3n) is 4.63. The van der Waals surface area contributed by atoms with Crippen LogP contribution in [-0.4, -0.2) is 26.4 Å². The maximum atomic E-state index is 12.3. The van der Waals surface area contributed by atoms with Gasteiger partial charge >= 0.3 is 0 Å². The van der Waals surface area contributed by atoms with Crippen molar-refractivity contribution in [3.05, 3.63) is 63.9 Å². The summed E-state index contributed by atoms with van der Waals surface area (Å²) in [6, 6.07) is 13.0. The van der Waals surface area contributed by atoms with Gasteiger partial charge in [0.25, 0.3) is 0 Å². The Hall–Kier alpha value is -2.22. The first-order chi connectivity index (χ1) is 14.7. The second-order valence-corrected chi connectivity index (χ2v) is 9.13. The third kappa shape index (κ3) is 6.15. The van der Waals surface area contributed by atoms with Crippen molar-refractivity contribution in [3.63, 3.8) is 0 Å². The van der Waals surface area contributed by atoms with Crippen LogP contribution >= 0.6 is 35.0 Å². The SMILES string of the molecule is CC(C)c1ccc(OC(C)c2nnc(SCC(=O)Nc3cc(Cl)ccc3Cl)n2C)cc1. The molecule has 164 valence electrons. The summed E-state index contributed by atoms with van der Waals surface area (Å²) in [5.74, 6) is 1.85. The van der Waals surface area contributed by atoms with Crippen molar-refractivity contribution in [2.45, 2.75) is 37.9 Å². The van der Waals surface area contributed by atoms with Crippen molar-refractivity contribution < 1.29 is 9.53 Å². The molecular formula is C22H24Cl2N4O2S. The van der Waals surface area contributed by atoms with E-state index in [9.17, 15) is 4.79 Å². The number of thioether (sulfide) groups is 1. The largest absolute Gasteiger partial charge is 0.483 e. The van der Waals surface area contributed by atoms with Crippen LogP contribution in [0.5, 0.6) is 5.75 Å². The van der Waals surface area contributed by atoms with Gasteiger partial charge in [-0.1, -0.05) is 60.9 Å². The molecule has 6 nitrogen and oxygen atoms in total. The molecule has 31 heavy (non-hydrogen) atoms. The van der Waals surface area contributed by atoms with E-state index in [1.165, 1.54) is 17.3 Å². The zero-order valence-electron chi connectivity index (χ0n) is 17.7. The Morgan fingerprint density at radius 3 is 2.52 bits per heavy atom. The maximum Gasteiger partial charge on any atom is 0.234 e. The number of amides is 1. The van der Waals surface area contributed by atoms with Gasteiger partial charge in [0.1, 0.15) is 5.75 Å². The molecule has 1 unspecified atom stereocenters. The van der Waals surface area contributed by atoms with E-state index < -0.39 is 0 Å². The number of aromatic nitrogens is 3. The summed E-state index contributed by atoms with van der Waals surface area (Å²) in [6.07, 6.45) is -0.296. The quantitative estimate of drug-likeness (QED) is 0.395. The molecule has 0 aliphatic rings. The lowest BCUT2D eigenvalue weighted by Crippen LogP contribution is -2.15. The van der Waals surface area contributed by atoms with Crippen molar-refractivity contribution >= 4 is 46.6 Å². The van der Waals surface area contributed by atoms with Gasteiger partial charge in [0.15, 0.2) is 17.1 Å². The molecule has 0 saturated carbocycles. The van der Waals surface area contributed by atoms with Crippen LogP contribution in [0, 0.1) is 0 Å². The topological polar surface area (TPSA) is 69.0 Å². The van der Waals surface area contributed by atoms with Gasteiger partial charge in [-0.05, 0) is 48.7 Å². The number of nitrogens with zero attached hydrogens (tertiary/aromatic N) is 3. The molecular weight excluding hydrogens is 455 g/mol. The fraction of sp³-hybridized carbons (Fsp3) is 0.318. The average Bonchev–Trinajstić information content (AvgIpc) is 3.10. The van der Waals surface area contributed by atoms with E-state index in [4.69, 9.17) is 27.9 Å². The van der Waals surface area contributed by atoms with Crippen molar-refractivity contribution in [1.29, 1.82) is 0 Å². The molecule has 2 aromatic carbocycles. The number of anilines is 1. The van der Waals surface area contributed by atoms with Crippen LogP contribution in [0.1, 0.15) is 44.2 Å². The van der Waals surface area contributed by atoms with E-state index in [-0.39, 0.29) is 17.8 Å². The van der Waals surface area contributed by atoms with Crippen LogP contribution in [-0.2, 0) is 11.8 Å². The number of hydrogen-bond donors (Lipinski definition) is 1. The highest BCUT2D eigenvalue weighted by molar-refractivity contribution is 7.99. The predicted octanol–water partition coefficient (Wildman–Crippen LogP) is 6.12. The lowest BCUT2D eigenvalue weighted by atomic mass is 10.0. The first-order valence-electron chi connectivity index (χ1n) is 9.78.